The average molecular weight is 250 g/mol. The molecule has 100 valence electrons. The van der Waals surface area contributed by atoms with Crippen LogP contribution in [0.4, 0.5) is 0 Å². The average Bonchev–Trinajstić information content (AvgIpc) is 2.33. The Balaban J connectivity index is 2.52. The fourth-order valence-corrected chi connectivity index (χ4v) is 4.15. The molecule has 0 amide bonds. The molecule has 0 aromatic heterocycles. The molecule has 0 aliphatic heterocycles. The maximum Gasteiger partial charge on any atom is 0.146 e. The molecule has 4 atom stereocenters. The molecule has 1 saturated carbocycles. The normalized spacial score (nSPS) is 42.7. The van der Waals surface area contributed by atoms with E-state index in [4.69, 9.17) is 0 Å². The van der Waals surface area contributed by atoms with Gasteiger partial charge < -0.3 is 9.90 Å². The third-order valence-electron chi connectivity index (χ3n) is 5.36. The van der Waals surface area contributed by atoms with Gasteiger partial charge in [-0.05, 0) is 36.2 Å². The Bertz CT molecular complexity index is 397. The van der Waals surface area contributed by atoms with Gasteiger partial charge in [0.25, 0.3) is 0 Å². The highest BCUT2D eigenvalue weighted by molar-refractivity contribution is 5.82. The molecule has 3 heteroatoms. The number of aliphatic hydroxyl groups is 1. The van der Waals surface area contributed by atoms with Crippen LogP contribution in [0.3, 0.4) is 0 Å². The summed E-state index contributed by atoms with van der Waals surface area (Å²) in [7, 11) is 0. The smallest absolute Gasteiger partial charge is 0.146 e. The van der Waals surface area contributed by atoms with Crippen LogP contribution in [0, 0.1) is 22.7 Å². The lowest BCUT2D eigenvalue weighted by Gasteiger charge is -2.57. The van der Waals surface area contributed by atoms with E-state index in [0.29, 0.717) is 12.0 Å². The standard InChI is InChI=1S/C15H22O3/c1-14(2)7-6-13(18)15(3)11(9-17)10(8-16)4-5-12(14)15/h4,8-9,11-13,18H,5-7H2,1-3H3/t11-,12+,13-,15-/m1/s1. The fourth-order valence-electron chi connectivity index (χ4n) is 4.15. The molecule has 0 aromatic rings. The summed E-state index contributed by atoms with van der Waals surface area (Å²) in [6.45, 7) is 6.37. The molecule has 1 N–H and O–H groups in total. The molecule has 2 aliphatic rings. The monoisotopic (exact) mass is 250 g/mol. The van der Waals surface area contributed by atoms with Crippen LogP contribution in [0.25, 0.3) is 0 Å². The largest absolute Gasteiger partial charge is 0.393 e. The Hall–Kier alpha value is -0.960. The van der Waals surface area contributed by atoms with Crippen molar-refractivity contribution in [2.24, 2.45) is 22.7 Å². The lowest BCUT2D eigenvalue weighted by molar-refractivity contribution is -0.143. The number of carbonyl (C=O) groups excluding carboxylic acids is 2. The summed E-state index contributed by atoms with van der Waals surface area (Å²) in [6.07, 6.45) is 5.44. The molecule has 2 rings (SSSR count). The van der Waals surface area contributed by atoms with E-state index in [1.54, 1.807) is 0 Å². The maximum atomic E-state index is 11.4. The van der Waals surface area contributed by atoms with Gasteiger partial charge in [0, 0.05) is 5.41 Å². The summed E-state index contributed by atoms with van der Waals surface area (Å²) >= 11 is 0. The third kappa shape index (κ3) is 1.68. The van der Waals surface area contributed by atoms with Gasteiger partial charge in [-0.1, -0.05) is 26.8 Å². The van der Waals surface area contributed by atoms with E-state index in [1.165, 1.54) is 0 Å². The zero-order valence-electron chi connectivity index (χ0n) is 11.3. The van der Waals surface area contributed by atoms with Crippen molar-refractivity contribution in [3.05, 3.63) is 11.6 Å². The minimum absolute atomic E-state index is 0.0974. The second-order valence-corrected chi connectivity index (χ2v) is 6.63. The predicted molar refractivity (Wildman–Crippen MR) is 68.9 cm³/mol. The van der Waals surface area contributed by atoms with Crippen molar-refractivity contribution in [1.29, 1.82) is 0 Å². The molecular formula is C15H22O3. The van der Waals surface area contributed by atoms with Crippen LogP contribution in [0.5, 0.6) is 0 Å². The first-order chi connectivity index (χ1) is 8.37. The second-order valence-electron chi connectivity index (χ2n) is 6.63. The van der Waals surface area contributed by atoms with Crippen molar-refractivity contribution in [2.75, 3.05) is 0 Å². The third-order valence-corrected chi connectivity index (χ3v) is 5.36. The number of hydrogen-bond donors (Lipinski definition) is 1. The van der Waals surface area contributed by atoms with Gasteiger partial charge in [-0.25, -0.2) is 0 Å². The molecule has 0 heterocycles. The summed E-state index contributed by atoms with van der Waals surface area (Å²) in [5, 5.41) is 10.4. The first kappa shape index (κ1) is 13.5. The van der Waals surface area contributed by atoms with E-state index in [1.807, 2.05) is 13.0 Å². The van der Waals surface area contributed by atoms with Crippen molar-refractivity contribution in [3.63, 3.8) is 0 Å². The number of carbonyl (C=O) groups is 2. The highest BCUT2D eigenvalue weighted by atomic mass is 16.3. The highest BCUT2D eigenvalue weighted by Gasteiger charge is 2.56. The number of allylic oxidation sites excluding steroid dienone is 2. The summed E-state index contributed by atoms with van der Waals surface area (Å²) in [4.78, 5) is 22.5. The summed E-state index contributed by atoms with van der Waals surface area (Å²) in [6, 6.07) is 0. The van der Waals surface area contributed by atoms with Crippen molar-refractivity contribution in [2.45, 2.75) is 46.1 Å². The van der Waals surface area contributed by atoms with Gasteiger partial charge in [0.05, 0.1) is 12.0 Å². The van der Waals surface area contributed by atoms with E-state index in [0.717, 1.165) is 25.4 Å². The SMILES string of the molecule is CC1(C)CC[C@@H](O)[C@]2(C)[C@H](C=O)C(C=O)=CC[C@@H]12. The van der Waals surface area contributed by atoms with Crippen LogP contribution in [0.2, 0.25) is 0 Å². The Labute approximate surface area is 108 Å². The van der Waals surface area contributed by atoms with Crippen LogP contribution >= 0.6 is 0 Å². The molecule has 0 bridgehead atoms. The summed E-state index contributed by atoms with van der Waals surface area (Å²) in [5.74, 6) is -0.226. The number of rotatable bonds is 2. The van der Waals surface area contributed by atoms with Crippen LogP contribution in [0.15, 0.2) is 11.6 Å². The lowest BCUT2D eigenvalue weighted by atomic mass is 9.48. The van der Waals surface area contributed by atoms with Crippen LogP contribution in [-0.4, -0.2) is 23.8 Å². The highest BCUT2D eigenvalue weighted by Crippen LogP contribution is 2.58. The van der Waals surface area contributed by atoms with E-state index < -0.39 is 17.4 Å². The topological polar surface area (TPSA) is 54.4 Å². The van der Waals surface area contributed by atoms with Crippen molar-refractivity contribution in [3.8, 4) is 0 Å². The van der Waals surface area contributed by atoms with Gasteiger partial charge >= 0.3 is 0 Å². The molecule has 18 heavy (non-hydrogen) atoms. The molecule has 0 unspecified atom stereocenters. The fraction of sp³-hybridized carbons (Fsp3) is 0.733. The van der Waals surface area contributed by atoms with E-state index in [-0.39, 0.29) is 11.3 Å². The lowest BCUT2D eigenvalue weighted by Crippen LogP contribution is -2.56. The quantitative estimate of drug-likeness (QED) is 0.764. The Morgan fingerprint density at radius 2 is 2.00 bits per heavy atom. The zero-order valence-corrected chi connectivity index (χ0v) is 11.3. The van der Waals surface area contributed by atoms with Crippen LogP contribution in [0.1, 0.15) is 40.0 Å². The second kappa shape index (κ2) is 4.30. The van der Waals surface area contributed by atoms with Crippen LogP contribution < -0.4 is 0 Å². The zero-order chi connectivity index (χ0) is 13.6. The summed E-state index contributed by atoms with van der Waals surface area (Å²) < 4.78 is 0. The van der Waals surface area contributed by atoms with Gasteiger partial charge in [0.2, 0.25) is 0 Å². The molecule has 0 saturated heterocycles. The van der Waals surface area contributed by atoms with Gasteiger partial charge in [0.1, 0.15) is 12.6 Å². The first-order valence-electron chi connectivity index (χ1n) is 6.66. The minimum Gasteiger partial charge on any atom is -0.393 e. The van der Waals surface area contributed by atoms with E-state index in [2.05, 4.69) is 13.8 Å². The van der Waals surface area contributed by atoms with E-state index >= 15 is 0 Å². The van der Waals surface area contributed by atoms with Crippen LogP contribution in [-0.2, 0) is 9.59 Å². The van der Waals surface area contributed by atoms with Gasteiger partial charge in [-0.3, -0.25) is 4.79 Å². The van der Waals surface area contributed by atoms with Crippen molar-refractivity contribution < 1.29 is 14.7 Å². The van der Waals surface area contributed by atoms with Gasteiger partial charge in [-0.2, -0.15) is 0 Å². The molecule has 0 aromatic carbocycles. The first-order valence-corrected chi connectivity index (χ1v) is 6.66. The Morgan fingerprint density at radius 1 is 1.33 bits per heavy atom. The summed E-state index contributed by atoms with van der Waals surface area (Å²) in [5.41, 5.74) is 0.134. The predicted octanol–water partition coefficient (Wildman–Crippen LogP) is 2.13. The maximum absolute atomic E-state index is 11.4. The Morgan fingerprint density at radius 3 is 2.56 bits per heavy atom. The molecule has 2 aliphatic carbocycles. The van der Waals surface area contributed by atoms with Gasteiger partial charge in [0.15, 0.2) is 0 Å². The van der Waals surface area contributed by atoms with Crippen molar-refractivity contribution in [1.82, 2.24) is 0 Å². The number of fused-ring (bicyclic) bond motifs is 1. The molecular weight excluding hydrogens is 228 g/mol. The molecule has 3 nitrogen and oxygen atoms in total. The molecule has 1 fully saturated rings. The number of hydrogen-bond acceptors (Lipinski definition) is 3. The Kier molecular flexibility index (Phi) is 3.22. The molecule has 0 spiro atoms. The van der Waals surface area contributed by atoms with Crippen molar-refractivity contribution >= 4 is 12.6 Å². The van der Waals surface area contributed by atoms with E-state index in [9.17, 15) is 14.7 Å². The number of aldehydes is 2. The minimum atomic E-state index is -0.505. The molecule has 0 radical (unpaired) electrons. The van der Waals surface area contributed by atoms with Gasteiger partial charge in [-0.15, -0.1) is 0 Å². The number of aliphatic hydroxyl groups excluding tert-OH is 1.